The van der Waals surface area contributed by atoms with Gasteiger partial charge in [-0.3, -0.25) is 0 Å². The van der Waals surface area contributed by atoms with Crippen molar-refractivity contribution in [2.75, 3.05) is 5.43 Å². The van der Waals surface area contributed by atoms with Crippen LogP contribution in [0.1, 0.15) is 18.9 Å². The van der Waals surface area contributed by atoms with Gasteiger partial charge in [0.15, 0.2) is 17.0 Å². The molecule has 14 heavy (non-hydrogen) atoms. The standard InChI is InChI=1S/C8H10N6/c9-13-7-6-8(11-3-10-7)14(4-12-6)5-1-2-5/h3-5H,1-2,9H2,(H,10,11,13). The van der Waals surface area contributed by atoms with Gasteiger partial charge >= 0.3 is 0 Å². The van der Waals surface area contributed by atoms with Gasteiger partial charge in [-0.2, -0.15) is 0 Å². The number of imidazole rings is 1. The Bertz CT molecular complexity index is 472. The van der Waals surface area contributed by atoms with E-state index in [1.807, 2.05) is 0 Å². The highest BCUT2D eigenvalue weighted by Crippen LogP contribution is 2.36. The van der Waals surface area contributed by atoms with Crippen LogP contribution in [0.5, 0.6) is 0 Å². The molecule has 0 amide bonds. The molecule has 0 bridgehead atoms. The smallest absolute Gasteiger partial charge is 0.171 e. The number of nitrogens with one attached hydrogen (secondary N) is 1. The Hall–Kier alpha value is -1.69. The second kappa shape index (κ2) is 2.65. The number of rotatable bonds is 2. The molecular formula is C8H10N6. The lowest BCUT2D eigenvalue weighted by atomic mass is 10.5. The molecule has 6 nitrogen and oxygen atoms in total. The van der Waals surface area contributed by atoms with Crippen LogP contribution in [-0.4, -0.2) is 19.5 Å². The highest BCUT2D eigenvalue weighted by Gasteiger charge is 2.26. The van der Waals surface area contributed by atoms with E-state index in [0.717, 1.165) is 11.2 Å². The predicted octanol–water partition coefficient (Wildman–Crippen LogP) is 0.447. The Balaban J connectivity index is 2.25. The summed E-state index contributed by atoms with van der Waals surface area (Å²) in [5, 5.41) is 0. The third-order valence-corrected chi connectivity index (χ3v) is 2.44. The molecule has 0 atom stereocenters. The van der Waals surface area contributed by atoms with E-state index in [0.29, 0.717) is 11.9 Å². The predicted molar refractivity (Wildman–Crippen MR) is 51.4 cm³/mol. The van der Waals surface area contributed by atoms with Crippen molar-refractivity contribution in [1.82, 2.24) is 19.5 Å². The number of fused-ring (bicyclic) bond motifs is 1. The number of nitrogen functional groups attached to an aromatic ring is 1. The summed E-state index contributed by atoms with van der Waals surface area (Å²) >= 11 is 0. The van der Waals surface area contributed by atoms with Crippen molar-refractivity contribution >= 4 is 17.0 Å². The summed E-state index contributed by atoms with van der Waals surface area (Å²) < 4.78 is 2.08. The van der Waals surface area contributed by atoms with Gasteiger partial charge in [-0.1, -0.05) is 0 Å². The first kappa shape index (κ1) is 7.69. The zero-order chi connectivity index (χ0) is 9.54. The molecule has 1 aliphatic carbocycles. The maximum Gasteiger partial charge on any atom is 0.171 e. The van der Waals surface area contributed by atoms with Crippen LogP contribution in [0.25, 0.3) is 11.2 Å². The zero-order valence-corrected chi connectivity index (χ0v) is 7.51. The van der Waals surface area contributed by atoms with Gasteiger partial charge in [0.05, 0.1) is 6.33 Å². The molecular weight excluding hydrogens is 180 g/mol. The first-order valence-electron chi connectivity index (χ1n) is 4.54. The number of anilines is 1. The lowest BCUT2D eigenvalue weighted by Gasteiger charge is -2.00. The third kappa shape index (κ3) is 0.973. The molecule has 1 fully saturated rings. The van der Waals surface area contributed by atoms with Gasteiger partial charge < -0.3 is 9.99 Å². The number of hydrazine groups is 1. The first-order valence-corrected chi connectivity index (χ1v) is 4.54. The maximum atomic E-state index is 5.33. The van der Waals surface area contributed by atoms with Crippen molar-refractivity contribution in [3.63, 3.8) is 0 Å². The lowest BCUT2D eigenvalue weighted by Crippen LogP contribution is -2.09. The summed E-state index contributed by atoms with van der Waals surface area (Å²) in [5.41, 5.74) is 4.11. The Kier molecular flexibility index (Phi) is 1.45. The van der Waals surface area contributed by atoms with E-state index in [1.54, 1.807) is 6.33 Å². The Morgan fingerprint density at radius 1 is 1.36 bits per heavy atom. The minimum atomic E-state index is 0.570. The lowest BCUT2D eigenvalue weighted by molar-refractivity contribution is 0.756. The van der Waals surface area contributed by atoms with E-state index < -0.39 is 0 Å². The number of nitrogens with zero attached hydrogens (tertiary/aromatic N) is 4. The Morgan fingerprint density at radius 2 is 2.21 bits per heavy atom. The van der Waals surface area contributed by atoms with E-state index in [1.165, 1.54) is 19.2 Å². The molecule has 0 spiro atoms. The van der Waals surface area contributed by atoms with Crippen LogP contribution in [0.15, 0.2) is 12.7 Å². The van der Waals surface area contributed by atoms with Crippen molar-refractivity contribution in [2.24, 2.45) is 5.84 Å². The fourth-order valence-corrected chi connectivity index (χ4v) is 1.58. The Labute approximate surface area is 80.1 Å². The molecule has 6 heteroatoms. The Morgan fingerprint density at radius 3 is 2.93 bits per heavy atom. The maximum absolute atomic E-state index is 5.33. The minimum Gasteiger partial charge on any atom is -0.312 e. The van der Waals surface area contributed by atoms with Crippen molar-refractivity contribution in [2.45, 2.75) is 18.9 Å². The second-order valence-electron chi connectivity index (χ2n) is 3.42. The average Bonchev–Trinajstić information content (AvgIpc) is 2.97. The fraction of sp³-hybridized carbons (Fsp3) is 0.375. The van der Waals surface area contributed by atoms with Crippen LogP contribution in [0.4, 0.5) is 5.82 Å². The normalized spacial score (nSPS) is 16.1. The van der Waals surface area contributed by atoms with E-state index >= 15 is 0 Å². The molecule has 2 aromatic heterocycles. The van der Waals surface area contributed by atoms with Gasteiger partial charge in [-0.15, -0.1) is 0 Å². The highest BCUT2D eigenvalue weighted by atomic mass is 15.3. The SMILES string of the molecule is NNc1ncnc2c1ncn2C1CC1. The van der Waals surface area contributed by atoms with Crippen LogP contribution in [0.3, 0.4) is 0 Å². The summed E-state index contributed by atoms with van der Waals surface area (Å²) in [7, 11) is 0. The largest absolute Gasteiger partial charge is 0.312 e. The molecule has 3 rings (SSSR count). The van der Waals surface area contributed by atoms with Crippen LogP contribution < -0.4 is 11.3 Å². The first-order chi connectivity index (χ1) is 6.90. The van der Waals surface area contributed by atoms with Crippen LogP contribution in [-0.2, 0) is 0 Å². The molecule has 0 saturated heterocycles. The zero-order valence-electron chi connectivity index (χ0n) is 7.51. The van der Waals surface area contributed by atoms with Gasteiger partial charge in [0.2, 0.25) is 0 Å². The minimum absolute atomic E-state index is 0.570. The van der Waals surface area contributed by atoms with Gasteiger partial charge in [0.1, 0.15) is 6.33 Å². The quantitative estimate of drug-likeness (QED) is 0.530. The molecule has 72 valence electrons. The number of hydrogen-bond donors (Lipinski definition) is 2. The second-order valence-corrected chi connectivity index (χ2v) is 3.42. The van der Waals surface area contributed by atoms with Crippen LogP contribution in [0.2, 0.25) is 0 Å². The van der Waals surface area contributed by atoms with Crippen molar-refractivity contribution in [1.29, 1.82) is 0 Å². The van der Waals surface area contributed by atoms with E-state index in [9.17, 15) is 0 Å². The van der Waals surface area contributed by atoms with Gasteiger partial charge in [-0.05, 0) is 12.8 Å². The molecule has 0 aliphatic heterocycles. The van der Waals surface area contributed by atoms with E-state index in [4.69, 9.17) is 5.84 Å². The molecule has 0 unspecified atom stereocenters. The molecule has 2 heterocycles. The van der Waals surface area contributed by atoms with Gasteiger partial charge in [-0.25, -0.2) is 20.8 Å². The summed E-state index contributed by atoms with van der Waals surface area (Å²) in [6, 6.07) is 0.570. The van der Waals surface area contributed by atoms with E-state index in [2.05, 4.69) is 24.9 Å². The molecule has 2 aromatic rings. The van der Waals surface area contributed by atoms with Crippen LogP contribution in [0, 0.1) is 0 Å². The number of aromatic nitrogens is 4. The average molecular weight is 190 g/mol. The molecule has 1 saturated carbocycles. The summed E-state index contributed by atoms with van der Waals surface area (Å²) in [6.45, 7) is 0. The molecule has 1 aliphatic rings. The summed E-state index contributed by atoms with van der Waals surface area (Å²) in [4.78, 5) is 12.4. The fourth-order valence-electron chi connectivity index (χ4n) is 1.58. The molecule has 0 aromatic carbocycles. The van der Waals surface area contributed by atoms with Gasteiger partial charge in [0.25, 0.3) is 0 Å². The van der Waals surface area contributed by atoms with Gasteiger partial charge in [0, 0.05) is 6.04 Å². The topological polar surface area (TPSA) is 81.7 Å². The summed E-state index contributed by atoms with van der Waals surface area (Å²) in [5.74, 6) is 5.91. The summed E-state index contributed by atoms with van der Waals surface area (Å²) in [6.07, 6.45) is 5.72. The number of hydrogen-bond acceptors (Lipinski definition) is 5. The van der Waals surface area contributed by atoms with E-state index in [-0.39, 0.29) is 0 Å². The van der Waals surface area contributed by atoms with Crippen molar-refractivity contribution < 1.29 is 0 Å². The van der Waals surface area contributed by atoms with Crippen molar-refractivity contribution in [3.8, 4) is 0 Å². The monoisotopic (exact) mass is 190 g/mol. The van der Waals surface area contributed by atoms with Crippen molar-refractivity contribution in [3.05, 3.63) is 12.7 Å². The highest BCUT2D eigenvalue weighted by molar-refractivity contribution is 5.82. The number of nitrogens with two attached hydrogens (primary N) is 1. The molecule has 0 radical (unpaired) electrons. The third-order valence-electron chi connectivity index (χ3n) is 2.44. The van der Waals surface area contributed by atoms with Crippen LogP contribution >= 0.6 is 0 Å². The molecule has 3 N–H and O–H groups in total.